The number of hydrogen-bond donors (Lipinski definition) is 1. The first kappa shape index (κ1) is 18.0. The number of carbonyl (C=O) groups excluding carboxylic acids is 2. The lowest BCUT2D eigenvalue weighted by atomic mass is 9.71. The molecule has 2 atom stereocenters. The van der Waals surface area contributed by atoms with Crippen LogP contribution in [0.2, 0.25) is 0 Å². The number of amides is 2. The summed E-state index contributed by atoms with van der Waals surface area (Å²) in [6, 6.07) is 0. The van der Waals surface area contributed by atoms with Gasteiger partial charge in [0, 0.05) is 38.3 Å². The summed E-state index contributed by atoms with van der Waals surface area (Å²) in [5, 5.41) is 3.18. The third kappa shape index (κ3) is 3.42. The maximum absolute atomic E-state index is 13.3. The average Bonchev–Trinajstić information content (AvgIpc) is 3.42. The Kier molecular flexibility index (Phi) is 4.84. The second-order valence-electron chi connectivity index (χ2n) is 9.18. The van der Waals surface area contributed by atoms with Gasteiger partial charge in [-0.25, -0.2) is 0 Å². The van der Waals surface area contributed by atoms with E-state index in [9.17, 15) is 9.59 Å². The van der Waals surface area contributed by atoms with Crippen molar-refractivity contribution in [2.24, 2.45) is 22.7 Å². The highest BCUT2D eigenvalue weighted by Gasteiger charge is 2.53. The van der Waals surface area contributed by atoms with E-state index in [1.165, 1.54) is 12.8 Å². The van der Waals surface area contributed by atoms with Crippen molar-refractivity contribution in [2.75, 3.05) is 32.8 Å². The molecule has 1 saturated carbocycles. The predicted molar refractivity (Wildman–Crippen MR) is 99.4 cm³/mol. The predicted octanol–water partition coefficient (Wildman–Crippen LogP) is 2.51. The topological polar surface area (TPSA) is 58.6 Å². The van der Waals surface area contributed by atoms with Crippen molar-refractivity contribution < 1.29 is 14.3 Å². The summed E-state index contributed by atoms with van der Waals surface area (Å²) in [6.07, 6.45) is 11.3. The fourth-order valence-electron chi connectivity index (χ4n) is 5.00. The SMILES string of the molecule is CC1(C(=O)N2CC(C(=O)NCC3CC3)C3(CCOCC3)C2)CC=CCC1. The van der Waals surface area contributed by atoms with Crippen LogP contribution in [0, 0.1) is 22.7 Å². The Morgan fingerprint density at radius 1 is 1.19 bits per heavy atom. The van der Waals surface area contributed by atoms with Gasteiger partial charge < -0.3 is 15.0 Å². The van der Waals surface area contributed by atoms with Crippen LogP contribution in [0.4, 0.5) is 0 Å². The second-order valence-corrected chi connectivity index (χ2v) is 9.18. The molecule has 4 aliphatic rings. The summed E-state index contributed by atoms with van der Waals surface area (Å²) >= 11 is 0. The molecule has 5 nitrogen and oxygen atoms in total. The van der Waals surface area contributed by atoms with Crippen molar-refractivity contribution in [3.63, 3.8) is 0 Å². The van der Waals surface area contributed by atoms with Crippen LogP contribution in [0.15, 0.2) is 12.2 Å². The Morgan fingerprint density at radius 2 is 1.96 bits per heavy atom. The molecular weight excluding hydrogens is 328 g/mol. The van der Waals surface area contributed by atoms with Crippen molar-refractivity contribution in [2.45, 2.75) is 51.9 Å². The Bertz CT molecular complexity index is 592. The third-order valence-electron chi connectivity index (χ3n) is 7.12. The number of likely N-dealkylation sites (tertiary alicyclic amines) is 1. The van der Waals surface area contributed by atoms with Crippen LogP contribution in [-0.2, 0) is 14.3 Å². The zero-order chi connectivity index (χ0) is 18.2. The molecule has 0 bridgehead atoms. The van der Waals surface area contributed by atoms with Gasteiger partial charge in [-0.15, -0.1) is 0 Å². The number of nitrogens with one attached hydrogen (secondary N) is 1. The fourth-order valence-corrected chi connectivity index (χ4v) is 5.00. The zero-order valence-corrected chi connectivity index (χ0v) is 16.0. The number of ether oxygens (including phenoxy) is 1. The molecule has 2 aliphatic carbocycles. The van der Waals surface area contributed by atoms with Crippen LogP contribution in [0.5, 0.6) is 0 Å². The number of carbonyl (C=O) groups is 2. The monoisotopic (exact) mass is 360 g/mol. The highest BCUT2D eigenvalue weighted by Crippen LogP contribution is 2.46. The van der Waals surface area contributed by atoms with Gasteiger partial charge in [-0.1, -0.05) is 19.1 Å². The molecule has 0 aromatic heterocycles. The van der Waals surface area contributed by atoms with Crippen LogP contribution in [0.1, 0.15) is 51.9 Å². The van der Waals surface area contributed by atoms with Crippen molar-refractivity contribution in [3.8, 4) is 0 Å². The van der Waals surface area contributed by atoms with Gasteiger partial charge in [0.2, 0.25) is 11.8 Å². The zero-order valence-electron chi connectivity index (χ0n) is 16.0. The first-order chi connectivity index (χ1) is 12.5. The Hall–Kier alpha value is -1.36. The molecule has 1 N–H and O–H groups in total. The largest absolute Gasteiger partial charge is 0.381 e. The molecule has 0 radical (unpaired) electrons. The number of nitrogens with zero attached hydrogens (tertiary/aromatic N) is 1. The molecule has 2 heterocycles. The van der Waals surface area contributed by atoms with Crippen LogP contribution in [0.3, 0.4) is 0 Å². The highest BCUT2D eigenvalue weighted by molar-refractivity contribution is 5.86. The lowest BCUT2D eigenvalue weighted by Gasteiger charge is -2.38. The maximum atomic E-state index is 13.3. The lowest BCUT2D eigenvalue weighted by Crippen LogP contribution is -2.45. The van der Waals surface area contributed by atoms with Crippen LogP contribution < -0.4 is 5.32 Å². The van der Waals surface area contributed by atoms with E-state index in [1.807, 2.05) is 4.90 Å². The molecule has 2 saturated heterocycles. The van der Waals surface area contributed by atoms with Crippen molar-refractivity contribution >= 4 is 11.8 Å². The van der Waals surface area contributed by atoms with E-state index in [0.29, 0.717) is 25.7 Å². The van der Waals surface area contributed by atoms with Gasteiger partial charge in [0.05, 0.1) is 11.3 Å². The van der Waals surface area contributed by atoms with Gasteiger partial charge in [-0.05, 0) is 50.9 Å². The van der Waals surface area contributed by atoms with Crippen LogP contribution in [-0.4, -0.2) is 49.6 Å². The van der Waals surface area contributed by atoms with Crippen LogP contribution >= 0.6 is 0 Å². The van der Waals surface area contributed by atoms with Gasteiger partial charge in [0.25, 0.3) is 0 Å². The summed E-state index contributed by atoms with van der Waals surface area (Å²) in [7, 11) is 0. The summed E-state index contributed by atoms with van der Waals surface area (Å²) in [5.74, 6) is 0.987. The first-order valence-corrected chi connectivity index (χ1v) is 10.3. The van der Waals surface area contributed by atoms with E-state index in [4.69, 9.17) is 4.74 Å². The molecular formula is C21H32N2O3. The van der Waals surface area contributed by atoms with E-state index in [1.54, 1.807) is 0 Å². The van der Waals surface area contributed by atoms with Crippen molar-refractivity contribution in [1.82, 2.24) is 10.2 Å². The number of hydrogen-bond acceptors (Lipinski definition) is 3. The summed E-state index contributed by atoms with van der Waals surface area (Å²) < 4.78 is 5.58. The molecule has 1 spiro atoms. The van der Waals surface area contributed by atoms with E-state index < -0.39 is 0 Å². The van der Waals surface area contributed by atoms with E-state index in [-0.39, 0.29) is 28.6 Å². The Balaban J connectivity index is 1.49. The Labute approximate surface area is 156 Å². The van der Waals surface area contributed by atoms with Gasteiger partial charge in [0.15, 0.2) is 0 Å². The molecule has 3 fully saturated rings. The van der Waals surface area contributed by atoms with Gasteiger partial charge >= 0.3 is 0 Å². The Morgan fingerprint density at radius 3 is 2.62 bits per heavy atom. The third-order valence-corrected chi connectivity index (χ3v) is 7.12. The molecule has 2 unspecified atom stereocenters. The molecule has 2 amide bonds. The summed E-state index contributed by atoms with van der Waals surface area (Å²) in [6.45, 7) is 5.60. The average molecular weight is 360 g/mol. The summed E-state index contributed by atoms with van der Waals surface area (Å²) in [5.41, 5.74) is -0.400. The van der Waals surface area contributed by atoms with Gasteiger partial charge in [0.1, 0.15) is 0 Å². The van der Waals surface area contributed by atoms with Gasteiger partial charge in [-0.2, -0.15) is 0 Å². The van der Waals surface area contributed by atoms with Crippen molar-refractivity contribution in [3.05, 3.63) is 12.2 Å². The highest BCUT2D eigenvalue weighted by atomic mass is 16.5. The quantitative estimate of drug-likeness (QED) is 0.784. The van der Waals surface area contributed by atoms with Crippen LogP contribution in [0.25, 0.3) is 0 Å². The first-order valence-electron chi connectivity index (χ1n) is 10.3. The standard InChI is InChI=1S/C21H32N2O3/c1-20(7-3-2-4-8-20)19(25)23-14-17(18(24)22-13-16-5-6-16)21(15-23)9-11-26-12-10-21/h2-3,16-17H,4-15H2,1H3,(H,22,24). The maximum Gasteiger partial charge on any atom is 0.228 e. The molecule has 0 aromatic rings. The molecule has 0 aromatic carbocycles. The normalized spacial score (nSPS) is 33.4. The number of rotatable bonds is 4. The molecule has 2 aliphatic heterocycles. The summed E-state index contributed by atoms with van der Waals surface area (Å²) in [4.78, 5) is 28.3. The minimum absolute atomic E-state index is 0.0863. The minimum Gasteiger partial charge on any atom is -0.381 e. The molecule has 144 valence electrons. The van der Waals surface area contributed by atoms with E-state index >= 15 is 0 Å². The molecule has 26 heavy (non-hydrogen) atoms. The van der Waals surface area contributed by atoms with Crippen molar-refractivity contribution in [1.29, 1.82) is 0 Å². The lowest BCUT2D eigenvalue weighted by molar-refractivity contribution is -0.141. The fraction of sp³-hybridized carbons (Fsp3) is 0.810. The van der Waals surface area contributed by atoms with Gasteiger partial charge in [-0.3, -0.25) is 9.59 Å². The minimum atomic E-state index is -0.305. The molecule has 5 heteroatoms. The number of allylic oxidation sites excluding steroid dienone is 2. The molecule has 4 rings (SSSR count). The van der Waals surface area contributed by atoms with E-state index in [0.717, 1.165) is 45.2 Å². The second kappa shape index (κ2) is 6.99. The van der Waals surface area contributed by atoms with E-state index in [2.05, 4.69) is 24.4 Å². The smallest absolute Gasteiger partial charge is 0.228 e.